The maximum absolute atomic E-state index is 12.5. The lowest BCUT2D eigenvalue weighted by Gasteiger charge is -2.20. The molecule has 23 heavy (non-hydrogen) atoms. The molecule has 0 radical (unpaired) electrons. The van der Waals surface area contributed by atoms with Gasteiger partial charge in [0.1, 0.15) is 5.69 Å². The smallest absolute Gasteiger partial charge is 0.195 e. The summed E-state index contributed by atoms with van der Waals surface area (Å²) in [5, 5.41) is 9.25. The number of carbonyl (C=O) groups excluding carboxylic acids is 1. The summed E-state index contributed by atoms with van der Waals surface area (Å²) in [7, 11) is 0. The molecule has 0 atom stereocenters. The fraction of sp³-hybridized carbons (Fsp3) is 0.368. The second kappa shape index (κ2) is 7.49. The van der Waals surface area contributed by atoms with Gasteiger partial charge in [-0.2, -0.15) is 0 Å². The SMILES string of the molecule is O=C(CN(CCO)Cc1ccccc1)c1cccc(C2CC2)n1. The summed E-state index contributed by atoms with van der Waals surface area (Å²) >= 11 is 0. The Morgan fingerprint density at radius 2 is 1.91 bits per heavy atom. The van der Waals surface area contributed by atoms with Crippen molar-refractivity contribution in [1.82, 2.24) is 9.88 Å². The van der Waals surface area contributed by atoms with Crippen LogP contribution in [0, 0.1) is 0 Å². The van der Waals surface area contributed by atoms with Gasteiger partial charge in [0, 0.05) is 24.7 Å². The quantitative estimate of drug-likeness (QED) is 0.762. The fourth-order valence-electron chi connectivity index (χ4n) is 2.69. The van der Waals surface area contributed by atoms with Crippen molar-refractivity contribution in [3.05, 3.63) is 65.5 Å². The standard InChI is InChI=1S/C19H22N2O2/c22-12-11-21(13-15-5-2-1-3-6-15)14-19(23)18-8-4-7-17(20-18)16-9-10-16/h1-8,16,22H,9-14H2. The van der Waals surface area contributed by atoms with Gasteiger partial charge in [0.2, 0.25) is 0 Å². The van der Waals surface area contributed by atoms with Crippen LogP contribution in [-0.2, 0) is 6.54 Å². The highest BCUT2D eigenvalue weighted by Crippen LogP contribution is 2.38. The molecule has 120 valence electrons. The van der Waals surface area contributed by atoms with Crippen LogP contribution in [0.25, 0.3) is 0 Å². The molecule has 0 aliphatic heterocycles. The molecule has 0 spiro atoms. The minimum Gasteiger partial charge on any atom is -0.395 e. The number of Topliss-reactive ketones (excluding diaryl/α,β-unsaturated/α-hetero) is 1. The molecule has 1 aromatic heterocycles. The summed E-state index contributed by atoms with van der Waals surface area (Å²) in [6, 6.07) is 15.7. The zero-order valence-corrected chi connectivity index (χ0v) is 13.2. The number of aliphatic hydroxyl groups is 1. The van der Waals surface area contributed by atoms with Gasteiger partial charge in [0.25, 0.3) is 0 Å². The Bertz CT molecular complexity index is 653. The van der Waals surface area contributed by atoms with E-state index in [0.29, 0.717) is 24.7 Å². The first kappa shape index (κ1) is 15.8. The van der Waals surface area contributed by atoms with Crippen LogP contribution in [0.2, 0.25) is 0 Å². The minimum absolute atomic E-state index is 0.0110. The first-order chi connectivity index (χ1) is 11.3. The van der Waals surface area contributed by atoms with Gasteiger partial charge in [-0.25, -0.2) is 4.98 Å². The third kappa shape index (κ3) is 4.47. The average molecular weight is 310 g/mol. The Hall–Kier alpha value is -2.04. The third-order valence-corrected chi connectivity index (χ3v) is 4.08. The van der Waals surface area contributed by atoms with Crippen molar-refractivity contribution in [3.8, 4) is 0 Å². The molecule has 0 unspecified atom stereocenters. The molecule has 2 aromatic rings. The summed E-state index contributed by atoms with van der Waals surface area (Å²) < 4.78 is 0. The maximum atomic E-state index is 12.5. The highest BCUT2D eigenvalue weighted by molar-refractivity contribution is 5.95. The molecule has 0 amide bonds. The number of pyridine rings is 1. The number of rotatable bonds is 8. The average Bonchev–Trinajstić information content (AvgIpc) is 3.41. The number of aliphatic hydroxyl groups excluding tert-OH is 1. The Morgan fingerprint density at radius 3 is 2.61 bits per heavy atom. The summed E-state index contributed by atoms with van der Waals surface area (Å²) in [6.07, 6.45) is 2.35. The van der Waals surface area contributed by atoms with Gasteiger partial charge in [-0.1, -0.05) is 36.4 Å². The van der Waals surface area contributed by atoms with E-state index in [9.17, 15) is 9.90 Å². The van der Waals surface area contributed by atoms with Gasteiger partial charge < -0.3 is 5.11 Å². The van der Waals surface area contributed by atoms with Gasteiger partial charge in [0.05, 0.1) is 13.2 Å². The normalized spacial score (nSPS) is 14.2. The van der Waals surface area contributed by atoms with Crippen molar-refractivity contribution in [3.63, 3.8) is 0 Å². The summed E-state index contributed by atoms with van der Waals surface area (Å²) in [5.41, 5.74) is 2.70. The van der Waals surface area contributed by atoms with E-state index in [-0.39, 0.29) is 18.9 Å². The monoisotopic (exact) mass is 310 g/mol. The lowest BCUT2D eigenvalue weighted by Crippen LogP contribution is -2.32. The second-order valence-corrected chi connectivity index (χ2v) is 6.07. The van der Waals surface area contributed by atoms with Crippen LogP contribution in [0.4, 0.5) is 0 Å². The van der Waals surface area contributed by atoms with E-state index in [0.717, 1.165) is 11.3 Å². The van der Waals surface area contributed by atoms with E-state index in [1.165, 1.54) is 12.8 Å². The number of hydrogen-bond donors (Lipinski definition) is 1. The molecule has 1 heterocycles. The first-order valence-corrected chi connectivity index (χ1v) is 8.13. The van der Waals surface area contributed by atoms with Gasteiger partial charge in [-0.15, -0.1) is 0 Å². The van der Waals surface area contributed by atoms with Crippen molar-refractivity contribution < 1.29 is 9.90 Å². The molecule has 1 aliphatic rings. The number of carbonyl (C=O) groups is 1. The summed E-state index contributed by atoms with van der Waals surface area (Å²) in [4.78, 5) is 19.0. The molecular weight excluding hydrogens is 288 g/mol. The molecule has 3 rings (SSSR count). The number of hydrogen-bond acceptors (Lipinski definition) is 4. The molecule has 1 aromatic carbocycles. The number of benzene rings is 1. The van der Waals surface area contributed by atoms with E-state index in [1.807, 2.05) is 47.4 Å². The van der Waals surface area contributed by atoms with Crippen LogP contribution >= 0.6 is 0 Å². The van der Waals surface area contributed by atoms with Crippen molar-refractivity contribution >= 4 is 5.78 Å². The van der Waals surface area contributed by atoms with E-state index < -0.39 is 0 Å². The van der Waals surface area contributed by atoms with Gasteiger partial charge in [-0.3, -0.25) is 9.69 Å². The largest absolute Gasteiger partial charge is 0.395 e. The van der Waals surface area contributed by atoms with Gasteiger partial charge in [0.15, 0.2) is 5.78 Å². The summed E-state index contributed by atoms with van der Waals surface area (Å²) in [6.45, 7) is 1.44. The van der Waals surface area contributed by atoms with Crippen molar-refractivity contribution in [2.24, 2.45) is 0 Å². The van der Waals surface area contributed by atoms with E-state index >= 15 is 0 Å². The van der Waals surface area contributed by atoms with Crippen LogP contribution in [0.15, 0.2) is 48.5 Å². The van der Waals surface area contributed by atoms with Crippen molar-refractivity contribution in [2.75, 3.05) is 19.7 Å². The highest BCUT2D eigenvalue weighted by atomic mass is 16.3. The van der Waals surface area contributed by atoms with E-state index in [2.05, 4.69) is 4.98 Å². The van der Waals surface area contributed by atoms with E-state index in [1.54, 1.807) is 6.07 Å². The molecule has 1 fully saturated rings. The fourth-order valence-corrected chi connectivity index (χ4v) is 2.69. The Balaban J connectivity index is 1.66. The lowest BCUT2D eigenvalue weighted by atomic mass is 10.1. The van der Waals surface area contributed by atoms with Crippen LogP contribution in [0.5, 0.6) is 0 Å². The molecular formula is C19H22N2O2. The van der Waals surface area contributed by atoms with E-state index in [4.69, 9.17) is 0 Å². The van der Waals surface area contributed by atoms with Crippen LogP contribution in [-0.4, -0.2) is 40.5 Å². The van der Waals surface area contributed by atoms with Crippen LogP contribution in [0.1, 0.15) is 40.5 Å². The molecule has 0 bridgehead atoms. The topological polar surface area (TPSA) is 53.4 Å². The molecule has 1 aliphatic carbocycles. The molecule has 4 heteroatoms. The van der Waals surface area contributed by atoms with Gasteiger partial charge in [-0.05, 0) is 30.5 Å². The zero-order chi connectivity index (χ0) is 16.1. The zero-order valence-electron chi connectivity index (χ0n) is 13.2. The first-order valence-electron chi connectivity index (χ1n) is 8.13. The molecule has 0 saturated heterocycles. The second-order valence-electron chi connectivity index (χ2n) is 6.07. The molecule has 1 saturated carbocycles. The number of ketones is 1. The molecule has 1 N–H and O–H groups in total. The Morgan fingerprint density at radius 1 is 1.13 bits per heavy atom. The summed E-state index contributed by atoms with van der Waals surface area (Å²) in [5.74, 6) is 0.553. The van der Waals surface area contributed by atoms with Crippen molar-refractivity contribution in [1.29, 1.82) is 0 Å². The van der Waals surface area contributed by atoms with Crippen LogP contribution in [0.3, 0.4) is 0 Å². The lowest BCUT2D eigenvalue weighted by molar-refractivity contribution is 0.0903. The predicted molar refractivity (Wildman–Crippen MR) is 89.3 cm³/mol. The maximum Gasteiger partial charge on any atom is 0.195 e. The minimum atomic E-state index is 0.0110. The van der Waals surface area contributed by atoms with Gasteiger partial charge >= 0.3 is 0 Å². The van der Waals surface area contributed by atoms with Crippen molar-refractivity contribution in [2.45, 2.75) is 25.3 Å². The highest BCUT2D eigenvalue weighted by Gasteiger charge is 2.25. The molecule has 4 nitrogen and oxygen atoms in total. The Kier molecular flexibility index (Phi) is 5.16. The predicted octanol–water partition coefficient (Wildman–Crippen LogP) is 2.64. The number of nitrogens with zero attached hydrogens (tertiary/aromatic N) is 2. The third-order valence-electron chi connectivity index (χ3n) is 4.08. The Labute approximate surface area is 136 Å². The number of aromatic nitrogens is 1. The van der Waals surface area contributed by atoms with Crippen LogP contribution < -0.4 is 0 Å².